The summed E-state index contributed by atoms with van der Waals surface area (Å²) in [6.07, 6.45) is 0. The summed E-state index contributed by atoms with van der Waals surface area (Å²) in [7, 11) is -1.73. The Morgan fingerprint density at radius 2 is 1.75 bits per heavy atom. The fourth-order valence-corrected chi connectivity index (χ4v) is 2.57. The van der Waals surface area contributed by atoms with Crippen LogP contribution in [0.15, 0.2) is 24.3 Å². The molecule has 112 valence electrons. The molecule has 0 aliphatic heterocycles. The fourth-order valence-electron chi connectivity index (χ4n) is 1.55. The average molecular weight is 294 g/mol. The van der Waals surface area contributed by atoms with Crippen LogP contribution in [0.25, 0.3) is 0 Å². The van der Waals surface area contributed by atoms with Gasteiger partial charge in [0.1, 0.15) is 12.4 Å². The first-order valence-corrected chi connectivity index (χ1v) is 9.93. The zero-order chi connectivity index (χ0) is 15.4. The summed E-state index contributed by atoms with van der Waals surface area (Å²) in [6, 6.07) is 7.32. The number of Topliss-reactive ketones (excluding diaryl/α,β-unsaturated/α-hetero) is 1. The Kier molecular flexibility index (Phi) is 5.54. The van der Waals surface area contributed by atoms with Gasteiger partial charge in [-0.3, -0.25) is 4.79 Å². The molecule has 1 rings (SSSR count). The van der Waals surface area contributed by atoms with Gasteiger partial charge in [0, 0.05) is 0 Å². The number of para-hydroxylation sites is 1. The third-order valence-electron chi connectivity index (χ3n) is 3.88. The number of ketones is 1. The average Bonchev–Trinajstić information content (AvgIpc) is 2.33. The lowest BCUT2D eigenvalue weighted by atomic mass is 10.1. The minimum Gasteiger partial charge on any atom is -0.490 e. The van der Waals surface area contributed by atoms with E-state index in [9.17, 15) is 4.79 Å². The van der Waals surface area contributed by atoms with Gasteiger partial charge in [0.2, 0.25) is 0 Å². The van der Waals surface area contributed by atoms with E-state index in [1.165, 1.54) is 0 Å². The Hall–Kier alpha value is -1.13. The first-order chi connectivity index (χ1) is 9.15. The van der Waals surface area contributed by atoms with E-state index in [0.717, 1.165) is 0 Å². The molecule has 20 heavy (non-hydrogen) atoms. The van der Waals surface area contributed by atoms with E-state index in [1.54, 1.807) is 13.0 Å². The van der Waals surface area contributed by atoms with E-state index in [2.05, 4.69) is 33.9 Å². The minimum atomic E-state index is -1.73. The van der Waals surface area contributed by atoms with Crippen molar-refractivity contribution in [3.05, 3.63) is 29.8 Å². The SMILES string of the molecule is CC(=O)c1ccccc1OCCO[Si](C)(C)C(C)(C)C. The molecule has 0 radical (unpaired) electrons. The second kappa shape index (κ2) is 6.55. The summed E-state index contributed by atoms with van der Waals surface area (Å²) in [5.41, 5.74) is 0.625. The first-order valence-electron chi connectivity index (χ1n) is 7.02. The highest BCUT2D eigenvalue weighted by Gasteiger charge is 2.36. The van der Waals surface area contributed by atoms with Gasteiger partial charge in [-0.05, 0) is 37.2 Å². The summed E-state index contributed by atoms with van der Waals surface area (Å²) >= 11 is 0. The van der Waals surface area contributed by atoms with Crippen molar-refractivity contribution in [2.24, 2.45) is 0 Å². The van der Waals surface area contributed by atoms with Gasteiger partial charge in [-0.1, -0.05) is 32.9 Å². The van der Waals surface area contributed by atoms with E-state index in [0.29, 0.717) is 24.5 Å². The number of rotatable bonds is 6. The molecule has 0 aliphatic rings. The predicted molar refractivity (Wildman–Crippen MR) is 85.1 cm³/mol. The summed E-state index contributed by atoms with van der Waals surface area (Å²) in [6.45, 7) is 13.7. The van der Waals surface area contributed by atoms with Gasteiger partial charge in [-0.2, -0.15) is 0 Å². The Morgan fingerprint density at radius 1 is 1.15 bits per heavy atom. The normalized spacial score (nSPS) is 12.3. The number of carbonyl (C=O) groups is 1. The van der Waals surface area contributed by atoms with Crippen LogP contribution in [0.1, 0.15) is 38.1 Å². The van der Waals surface area contributed by atoms with Gasteiger partial charge in [-0.25, -0.2) is 0 Å². The zero-order valence-electron chi connectivity index (χ0n) is 13.4. The van der Waals surface area contributed by atoms with Crippen molar-refractivity contribution in [1.29, 1.82) is 0 Å². The highest BCUT2D eigenvalue weighted by molar-refractivity contribution is 6.74. The third-order valence-corrected chi connectivity index (χ3v) is 8.41. The Labute approximate surface area is 123 Å². The number of benzene rings is 1. The van der Waals surface area contributed by atoms with E-state index in [-0.39, 0.29) is 10.8 Å². The number of hydrogen-bond donors (Lipinski definition) is 0. The Bertz CT molecular complexity index is 461. The van der Waals surface area contributed by atoms with Crippen LogP contribution in [0.3, 0.4) is 0 Å². The van der Waals surface area contributed by atoms with Gasteiger partial charge < -0.3 is 9.16 Å². The number of carbonyl (C=O) groups excluding carboxylic acids is 1. The van der Waals surface area contributed by atoms with Crippen molar-refractivity contribution in [2.45, 2.75) is 45.8 Å². The molecule has 0 aliphatic carbocycles. The van der Waals surface area contributed by atoms with Crippen LogP contribution in [0, 0.1) is 0 Å². The molecule has 0 saturated carbocycles. The molecular weight excluding hydrogens is 268 g/mol. The van der Waals surface area contributed by atoms with Crippen LogP contribution < -0.4 is 4.74 Å². The van der Waals surface area contributed by atoms with E-state index in [4.69, 9.17) is 9.16 Å². The molecule has 0 aromatic heterocycles. The largest absolute Gasteiger partial charge is 0.490 e. The lowest BCUT2D eigenvalue weighted by Crippen LogP contribution is -2.41. The van der Waals surface area contributed by atoms with Crippen LogP contribution in [0.4, 0.5) is 0 Å². The lowest BCUT2D eigenvalue weighted by molar-refractivity contribution is 0.101. The molecule has 4 heteroatoms. The van der Waals surface area contributed by atoms with Crippen molar-refractivity contribution in [2.75, 3.05) is 13.2 Å². The van der Waals surface area contributed by atoms with Crippen molar-refractivity contribution < 1.29 is 14.0 Å². The summed E-state index contributed by atoms with van der Waals surface area (Å²) in [5.74, 6) is 0.657. The molecule has 0 fully saturated rings. The third kappa shape index (κ3) is 4.46. The first kappa shape index (κ1) is 16.9. The second-order valence-corrected chi connectivity index (χ2v) is 11.3. The standard InChI is InChI=1S/C16H26O3Si/c1-13(17)14-9-7-8-10-15(14)18-11-12-19-20(5,6)16(2,3)4/h7-10H,11-12H2,1-6H3. The number of ether oxygens (including phenoxy) is 1. The predicted octanol–water partition coefficient (Wildman–Crippen LogP) is 4.29. The van der Waals surface area contributed by atoms with Crippen LogP contribution in [0.5, 0.6) is 5.75 Å². The van der Waals surface area contributed by atoms with Gasteiger partial charge in [0.15, 0.2) is 14.1 Å². The monoisotopic (exact) mass is 294 g/mol. The molecule has 3 nitrogen and oxygen atoms in total. The van der Waals surface area contributed by atoms with Crippen molar-refractivity contribution >= 4 is 14.1 Å². The quantitative estimate of drug-likeness (QED) is 0.446. The van der Waals surface area contributed by atoms with Gasteiger partial charge >= 0.3 is 0 Å². The van der Waals surface area contributed by atoms with E-state index < -0.39 is 8.32 Å². The van der Waals surface area contributed by atoms with Crippen LogP contribution >= 0.6 is 0 Å². The second-order valence-electron chi connectivity index (χ2n) is 6.51. The van der Waals surface area contributed by atoms with Crippen molar-refractivity contribution in [3.63, 3.8) is 0 Å². The summed E-state index contributed by atoms with van der Waals surface area (Å²) in [5, 5.41) is 0.199. The van der Waals surface area contributed by atoms with E-state index >= 15 is 0 Å². The summed E-state index contributed by atoms with van der Waals surface area (Å²) in [4.78, 5) is 11.5. The van der Waals surface area contributed by atoms with Gasteiger partial charge in [0.25, 0.3) is 0 Å². The van der Waals surface area contributed by atoms with Crippen LogP contribution in [0.2, 0.25) is 18.1 Å². The summed E-state index contributed by atoms with van der Waals surface area (Å²) < 4.78 is 11.7. The maximum atomic E-state index is 11.5. The zero-order valence-corrected chi connectivity index (χ0v) is 14.4. The molecule has 0 heterocycles. The smallest absolute Gasteiger partial charge is 0.192 e. The van der Waals surface area contributed by atoms with E-state index in [1.807, 2.05) is 18.2 Å². The molecule has 0 amide bonds. The fraction of sp³-hybridized carbons (Fsp3) is 0.562. The highest BCUT2D eigenvalue weighted by Crippen LogP contribution is 2.36. The molecule has 0 saturated heterocycles. The molecule has 0 N–H and O–H groups in total. The maximum Gasteiger partial charge on any atom is 0.192 e. The topological polar surface area (TPSA) is 35.5 Å². The van der Waals surface area contributed by atoms with Crippen molar-refractivity contribution in [1.82, 2.24) is 0 Å². The Morgan fingerprint density at radius 3 is 2.30 bits per heavy atom. The van der Waals surface area contributed by atoms with Crippen molar-refractivity contribution in [3.8, 4) is 5.75 Å². The molecule has 1 aromatic carbocycles. The molecule has 0 bridgehead atoms. The molecular formula is C16H26O3Si. The maximum absolute atomic E-state index is 11.5. The highest BCUT2D eigenvalue weighted by atomic mass is 28.4. The number of hydrogen-bond acceptors (Lipinski definition) is 3. The molecule has 0 spiro atoms. The Balaban J connectivity index is 2.52. The van der Waals surface area contributed by atoms with Gasteiger partial charge in [-0.15, -0.1) is 0 Å². The lowest BCUT2D eigenvalue weighted by Gasteiger charge is -2.36. The molecule has 1 aromatic rings. The van der Waals surface area contributed by atoms with Gasteiger partial charge in [0.05, 0.1) is 12.2 Å². The van der Waals surface area contributed by atoms with Crippen LogP contribution in [-0.2, 0) is 4.43 Å². The molecule has 0 atom stereocenters. The van der Waals surface area contributed by atoms with Crippen LogP contribution in [-0.4, -0.2) is 27.3 Å². The molecule has 0 unspecified atom stereocenters. The minimum absolute atomic E-state index is 0.0194.